The summed E-state index contributed by atoms with van der Waals surface area (Å²) in [6.45, 7) is 3.69. The van der Waals surface area contributed by atoms with Gasteiger partial charge in [-0.1, -0.05) is 44.2 Å². The summed E-state index contributed by atoms with van der Waals surface area (Å²) in [5.74, 6) is -1.50. The van der Waals surface area contributed by atoms with Crippen LogP contribution in [0.1, 0.15) is 25.8 Å². The molecule has 2 aliphatic rings. The molecule has 0 spiro atoms. The van der Waals surface area contributed by atoms with Gasteiger partial charge in [0.05, 0.1) is 12.5 Å². The maximum atomic E-state index is 12.3. The number of hydrogen-bond donors (Lipinski definition) is 2. The Balaban J connectivity index is 1.66. The van der Waals surface area contributed by atoms with Crippen LogP contribution in [0.5, 0.6) is 0 Å². The number of β-lactam (4-membered cyclic amide) rings is 1. The largest absolute Gasteiger partial charge is 0.480 e. The number of carboxylic acids is 1. The monoisotopic (exact) mass is 316 g/mol. The molecular formula is C17H20N2O4. The van der Waals surface area contributed by atoms with Crippen molar-refractivity contribution in [1.82, 2.24) is 10.2 Å². The summed E-state index contributed by atoms with van der Waals surface area (Å²) >= 11 is 0. The standard InChI is InChI=1S/C17H20N2O4/c1-17(2)9-11-13(15(21)19(11)14(17)16(22)23)18-12(20)8-10-6-4-3-5-7-10/h3-7,11,13-14H,8-9H2,1-2H3,(H,18,20)(H,22,23)/t11-,13+,14+/m1/s1. The highest BCUT2D eigenvalue weighted by atomic mass is 16.4. The third-order valence-corrected chi connectivity index (χ3v) is 4.77. The molecule has 2 aliphatic heterocycles. The van der Waals surface area contributed by atoms with Gasteiger partial charge in [-0.05, 0) is 17.4 Å². The Kier molecular flexibility index (Phi) is 3.62. The molecule has 1 aromatic carbocycles. The minimum Gasteiger partial charge on any atom is -0.480 e. The van der Waals surface area contributed by atoms with Crippen molar-refractivity contribution in [3.63, 3.8) is 0 Å². The number of carbonyl (C=O) groups excluding carboxylic acids is 2. The lowest BCUT2D eigenvalue weighted by Gasteiger charge is -2.44. The van der Waals surface area contributed by atoms with E-state index in [1.165, 1.54) is 4.90 Å². The molecule has 6 nitrogen and oxygen atoms in total. The minimum absolute atomic E-state index is 0.211. The van der Waals surface area contributed by atoms with E-state index >= 15 is 0 Å². The fourth-order valence-electron chi connectivity index (χ4n) is 3.75. The van der Waals surface area contributed by atoms with E-state index < -0.39 is 23.5 Å². The van der Waals surface area contributed by atoms with Crippen molar-refractivity contribution in [2.24, 2.45) is 5.41 Å². The highest BCUT2D eigenvalue weighted by Gasteiger charge is 2.63. The zero-order chi connectivity index (χ0) is 16.8. The van der Waals surface area contributed by atoms with Crippen molar-refractivity contribution >= 4 is 17.8 Å². The van der Waals surface area contributed by atoms with E-state index in [-0.39, 0.29) is 24.3 Å². The van der Waals surface area contributed by atoms with Gasteiger partial charge in [0.25, 0.3) is 0 Å². The van der Waals surface area contributed by atoms with Crippen molar-refractivity contribution < 1.29 is 19.5 Å². The van der Waals surface area contributed by atoms with E-state index in [9.17, 15) is 19.5 Å². The number of aliphatic carboxylic acids is 1. The first kappa shape index (κ1) is 15.5. The molecule has 2 fully saturated rings. The van der Waals surface area contributed by atoms with Gasteiger partial charge in [0.15, 0.2) is 0 Å². The molecule has 1 aromatic rings. The summed E-state index contributed by atoms with van der Waals surface area (Å²) in [7, 11) is 0. The van der Waals surface area contributed by atoms with Crippen LogP contribution in [0.3, 0.4) is 0 Å². The Morgan fingerprint density at radius 1 is 1.30 bits per heavy atom. The van der Waals surface area contributed by atoms with Crippen LogP contribution in [-0.4, -0.2) is 45.9 Å². The van der Waals surface area contributed by atoms with E-state index in [4.69, 9.17) is 0 Å². The molecule has 3 atom stereocenters. The number of nitrogens with zero attached hydrogens (tertiary/aromatic N) is 1. The van der Waals surface area contributed by atoms with Crippen molar-refractivity contribution in [2.45, 2.75) is 44.8 Å². The van der Waals surface area contributed by atoms with Crippen molar-refractivity contribution in [3.8, 4) is 0 Å². The molecule has 6 heteroatoms. The summed E-state index contributed by atoms with van der Waals surface area (Å²) in [4.78, 5) is 37.3. The molecule has 0 bridgehead atoms. The Hall–Kier alpha value is -2.37. The van der Waals surface area contributed by atoms with Crippen LogP contribution in [0.25, 0.3) is 0 Å². The molecule has 2 saturated heterocycles. The Labute approximate surface area is 134 Å². The van der Waals surface area contributed by atoms with Gasteiger partial charge in [-0.15, -0.1) is 0 Å². The third-order valence-electron chi connectivity index (χ3n) is 4.77. The Bertz CT molecular complexity index is 656. The van der Waals surface area contributed by atoms with Crippen LogP contribution < -0.4 is 5.32 Å². The molecule has 2 heterocycles. The first-order chi connectivity index (χ1) is 10.8. The molecule has 0 unspecified atom stereocenters. The first-order valence-corrected chi connectivity index (χ1v) is 7.69. The average molecular weight is 316 g/mol. The number of hydrogen-bond acceptors (Lipinski definition) is 3. The van der Waals surface area contributed by atoms with Crippen LogP contribution >= 0.6 is 0 Å². The van der Waals surface area contributed by atoms with Crippen LogP contribution in [0.2, 0.25) is 0 Å². The van der Waals surface area contributed by atoms with Gasteiger partial charge >= 0.3 is 5.97 Å². The zero-order valence-electron chi connectivity index (χ0n) is 13.2. The number of rotatable bonds is 4. The molecule has 0 aromatic heterocycles. The number of amides is 2. The average Bonchev–Trinajstić information content (AvgIpc) is 2.74. The highest BCUT2D eigenvalue weighted by molar-refractivity contribution is 5.97. The smallest absolute Gasteiger partial charge is 0.326 e. The molecule has 2 N–H and O–H groups in total. The number of carboxylic acid groups (broad SMARTS) is 1. The molecule has 122 valence electrons. The predicted molar refractivity (Wildman–Crippen MR) is 82.5 cm³/mol. The van der Waals surface area contributed by atoms with E-state index in [1.807, 2.05) is 44.2 Å². The molecule has 2 amide bonds. The van der Waals surface area contributed by atoms with Gasteiger partial charge in [0, 0.05) is 0 Å². The van der Waals surface area contributed by atoms with Crippen LogP contribution in [0.4, 0.5) is 0 Å². The van der Waals surface area contributed by atoms with Gasteiger partial charge in [-0.3, -0.25) is 9.59 Å². The normalized spacial score (nSPS) is 28.0. The second-order valence-corrected chi connectivity index (χ2v) is 6.95. The van der Waals surface area contributed by atoms with Crippen molar-refractivity contribution in [3.05, 3.63) is 35.9 Å². The van der Waals surface area contributed by atoms with Crippen LogP contribution in [-0.2, 0) is 20.8 Å². The van der Waals surface area contributed by atoms with Crippen molar-refractivity contribution in [2.75, 3.05) is 0 Å². The van der Waals surface area contributed by atoms with Crippen molar-refractivity contribution in [1.29, 1.82) is 0 Å². The zero-order valence-corrected chi connectivity index (χ0v) is 13.2. The highest BCUT2D eigenvalue weighted by Crippen LogP contribution is 2.46. The molecule has 23 heavy (non-hydrogen) atoms. The second-order valence-electron chi connectivity index (χ2n) is 6.95. The van der Waals surface area contributed by atoms with E-state index in [0.717, 1.165) is 5.56 Å². The van der Waals surface area contributed by atoms with E-state index in [2.05, 4.69) is 5.32 Å². The molecule has 3 rings (SSSR count). The third kappa shape index (κ3) is 2.58. The van der Waals surface area contributed by atoms with Gasteiger partial charge in [0.1, 0.15) is 12.1 Å². The fourth-order valence-corrected chi connectivity index (χ4v) is 3.75. The lowest BCUT2D eigenvalue weighted by molar-refractivity contribution is -0.162. The minimum atomic E-state index is -0.986. The Morgan fingerprint density at radius 2 is 1.96 bits per heavy atom. The lowest BCUT2D eigenvalue weighted by Crippen LogP contribution is -2.71. The number of benzene rings is 1. The van der Waals surface area contributed by atoms with Gasteiger partial charge in [-0.25, -0.2) is 4.79 Å². The van der Waals surface area contributed by atoms with E-state index in [1.54, 1.807) is 0 Å². The van der Waals surface area contributed by atoms with Gasteiger partial charge in [0.2, 0.25) is 11.8 Å². The number of nitrogens with one attached hydrogen (secondary N) is 1. The summed E-state index contributed by atoms with van der Waals surface area (Å²) in [6, 6.07) is 7.66. The lowest BCUT2D eigenvalue weighted by atomic mass is 9.83. The van der Waals surface area contributed by atoms with E-state index in [0.29, 0.717) is 6.42 Å². The summed E-state index contributed by atoms with van der Waals surface area (Å²) < 4.78 is 0. The SMILES string of the molecule is CC1(C)C[C@@H]2[C@H](NC(=O)Cc3ccccc3)C(=O)N2[C@H]1C(=O)O. The molecule has 0 radical (unpaired) electrons. The molecule has 0 aliphatic carbocycles. The predicted octanol–water partition coefficient (Wildman–Crippen LogP) is 0.808. The van der Waals surface area contributed by atoms with Crippen LogP contribution in [0.15, 0.2) is 30.3 Å². The molecular weight excluding hydrogens is 296 g/mol. The molecule has 0 saturated carbocycles. The maximum Gasteiger partial charge on any atom is 0.326 e. The second kappa shape index (κ2) is 5.37. The van der Waals surface area contributed by atoms with Gasteiger partial charge in [-0.2, -0.15) is 0 Å². The first-order valence-electron chi connectivity index (χ1n) is 7.69. The summed E-state index contributed by atoms with van der Waals surface area (Å²) in [6.07, 6.45) is 0.787. The summed E-state index contributed by atoms with van der Waals surface area (Å²) in [5.41, 5.74) is 0.384. The summed E-state index contributed by atoms with van der Waals surface area (Å²) in [5, 5.41) is 12.1. The maximum absolute atomic E-state index is 12.3. The topological polar surface area (TPSA) is 86.7 Å². The number of fused-ring (bicyclic) bond motifs is 1. The van der Waals surface area contributed by atoms with Crippen LogP contribution in [0, 0.1) is 5.41 Å². The quantitative estimate of drug-likeness (QED) is 0.805. The fraction of sp³-hybridized carbons (Fsp3) is 0.471. The number of carbonyl (C=O) groups is 3. The van der Waals surface area contributed by atoms with Gasteiger partial charge < -0.3 is 15.3 Å². The Morgan fingerprint density at radius 3 is 2.57 bits per heavy atom.